The summed E-state index contributed by atoms with van der Waals surface area (Å²) in [6.45, 7) is 5.23. The summed E-state index contributed by atoms with van der Waals surface area (Å²) in [5, 5.41) is 0. The zero-order valence-electron chi connectivity index (χ0n) is 12.0. The van der Waals surface area contributed by atoms with E-state index in [1.165, 1.54) is 32.1 Å². The van der Waals surface area contributed by atoms with E-state index < -0.39 is 0 Å². The van der Waals surface area contributed by atoms with Gasteiger partial charge in [0.05, 0.1) is 6.61 Å². The maximum Gasteiger partial charge on any atom is 0.189 e. The highest BCUT2D eigenvalue weighted by atomic mass is 16.7. The topological polar surface area (TPSA) is 35.5 Å². The Balaban J connectivity index is 3.50. The summed E-state index contributed by atoms with van der Waals surface area (Å²) in [7, 11) is 0. The molecule has 0 aliphatic heterocycles. The second-order valence-corrected chi connectivity index (χ2v) is 4.45. The molecule has 0 aromatic rings. The third-order valence-electron chi connectivity index (χ3n) is 2.72. The van der Waals surface area contributed by atoms with Crippen LogP contribution in [0.3, 0.4) is 0 Å². The van der Waals surface area contributed by atoms with E-state index in [9.17, 15) is 4.79 Å². The van der Waals surface area contributed by atoms with Gasteiger partial charge in [0.25, 0.3) is 0 Å². The SMILES string of the molecule is CCCCCC/C=C(\C=O)OCOCCCCC. The molecule has 3 heteroatoms. The lowest BCUT2D eigenvalue weighted by atomic mass is 10.1. The minimum absolute atomic E-state index is 0.184. The van der Waals surface area contributed by atoms with Gasteiger partial charge in [-0.25, -0.2) is 0 Å². The van der Waals surface area contributed by atoms with Crippen molar-refractivity contribution in [3.8, 4) is 0 Å². The van der Waals surface area contributed by atoms with Crippen LogP contribution in [0.15, 0.2) is 11.8 Å². The molecule has 0 aliphatic rings. The van der Waals surface area contributed by atoms with Crippen molar-refractivity contribution in [2.75, 3.05) is 13.4 Å². The molecule has 0 aromatic heterocycles. The molecule has 0 radical (unpaired) electrons. The molecule has 0 bridgehead atoms. The summed E-state index contributed by atoms with van der Waals surface area (Å²) in [5.41, 5.74) is 0. The van der Waals surface area contributed by atoms with Gasteiger partial charge in [0, 0.05) is 0 Å². The monoisotopic (exact) mass is 256 g/mol. The minimum Gasteiger partial charge on any atom is -0.464 e. The molecule has 106 valence electrons. The fraction of sp³-hybridized carbons (Fsp3) is 0.800. The van der Waals surface area contributed by atoms with Crippen molar-refractivity contribution in [3.05, 3.63) is 11.8 Å². The molecule has 0 saturated heterocycles. The van der Waals surface area contributed by atoms with E-state index in [4.69, 9.17) is 9.47 Å². The Morgan fingerprint density at radius 1 is 1.00 bits per heavy atom. The van der Waals surface area contributed by atoms with Crippen LogP contribution < -0.4 is 0 Å². The second-order valence-electron chi connectivity index (χ2n) is 4.45. The number of carbonyl (C=O) groups excluding carboxylic acids is 1. The van der Waals surface area contributed by atoms with Crippen LogP contribution in [0.25, 0.3) is 0 Å². The Kier molecular flexibility index (Phi) is 13.6. The molecule has 0 saturated carbocycles. The van der Waals surface area contributed by atoms with Gasteiger partial charge in [-0.3, -0.25) is 4.79 Å². The molecule has 0 rings (SSSR count). The fourth-order valence-electron chi connectivity index (χ4n) is 1.58. The summed E-state index contributed by atoms with van der Waals surface area (Å²) in [6.07, 6.45) is 11.8. The van der Waals surface area contributed by atoms with Crippen molar-refractivity contribution in [1.29, 1.82) is 0 Å². The van der Waals surface area contributed by atoms with Crippen LogP contribution in [0.2, 0.25) is 0 Å². The summed E-state index contributed by atoms with van der Waals surface area (Å²) < 4.78 is 10.5. The van der Waals surface area contributed by atoms with Crippen LogP contribution >= 0.6 is 0 Å². The molecule has 0 atom stereocenters. The quantitative estimate of drug-likeness (QED) is 0.163. The molecule has 18 heavy (non-hydrogen) atoms. The highest BCUT2D eigenvalue weighted by Gasteiger charge is 1.96. The van der Waals surface area contributed by atoms with Gasteiger partial charge in [-0.15, -0.1) is 0 Å². The third-order valence-corrected chi connectivity index (χ3v) is 2.72. The van der Waals surface area contributed by atoms with Gasteiger partial charge < -0.3 is 9.47 Å². The zero-order chi connectivity index (χ0) is 13.5. The van der Waals surface area contributed by atoms with Crippen LogP contribution in [0.5, 0.6) is 0 Å². The first-order chi connectivity index (χ1) is 8.85. The molecule has 0 spiro atoms. The number of ether oxygens (including phenoxy) is 2. The highest BCUT2D eigenvalue weighted by molar-refractivity contribution is 5.69. The van der Waals surface area contributed by atoms with Crippen LogP contribution in [0, 0.1) is 0 Å². The van der Waals surface area contributed by atoms with Crippen molar-refractivity contribution >= 4 is 6.29 Å². The van der Waals surface area contributed by atoms with Crippen LogP contribution in [-0.2, 0) is 14.3 Å². The number of unbranched alkanes of at least 4 members (excludes halogenated alkanes) is 6. The average molecular weight is 256 g/mol. The summed E-state index contributed by atoms with van der Waals surface area (Å²) in [6, 6.07) is 0. The van der Waals surface area contributed by atoms with Crippen molar-refractivity contribution < 1.29 is 14.3 Å². The molecular formula is C15H28O3. The van der Waals surface area contributed by atoms with Gasteiger partial charge in [-0.2, -0.15) is 0 Å². The molecule has 0 aromatic carbocycles. The molecule has 0 N–H and O–H groups in total. The Morgan fingerprint density at radius 2 is 1.72 bits per heavy atom. The number of hydrogen-bond donors (Lipinski definition) is 0. The van der Waals surface area contributed by atoms with Crippen molar-refractivity contribution in [2.45, 2.75) is 65.2 Å². The predicted molar refractivity (Wildman–Crippen MR) is 74.3 cm³/mol. The van der Waals surface area contributed by atoms with Gasteiger partial charge in [0.15, 0.2) is 18.8 Å². The molecule has 3 nitrogen and oxygen atoms in total. The summed E-state index contributed by atoms with van der Waals surface area (Å²) in [5.74, 6) is 0.405. The van der Waals surface area contributed by atoms with Crippen LogP contribution in [-0.4, -0.2) is 19.7 Å². The average Bonchev–Trinajstić information content (AvgIpc) is 2.40. The normalized spacial score (nSPS) is 11.6. The van der Waals surface area contributed by atoms with E-state index in [0.29, 0.717) is 12.4 Å². The van der Waals surface area contributed by atoms with E-state index in [1.807, 2.05) is 6.08 Å². The summed E-state index contributed by atoms with van der Waals surface area (Å²) in [4.78, 5) is 10.7. The van der Waals surface area contributed by atoms with E-state index in [1.54, 1.807) is 0 Å². The predicted octanol–water partition coefficient (Wildman–Crippen LogP) is 4.22. The number of carbonyl (C=O) groups is 1. The lowest BCUT2D eigenvalue weighted by molar-refractivity contribution is -0.111. The van der Waals surface area contributed by atoms with Crippen molar-refractivity contribution in [2.24, 2.45) is 0 Å². The highest BCUT2D eigenvalue weighted by Crippen LogP contribution is 2.05. The smallest absolute Gasteiger partial charge is 0.189 e. The van der Waals surface area contributed by atoms with Gasteiger partial charge in [0.2, 0.25) is 0 Å². The van der Waals surface area contributed by atoms with E-state index >= 15 is 0 Å². The van der Waals surface area contributed by atoms with Gasteiger partial charge >= 0.3 is 0 Å². The second kappa shape index (κ2) is 14.2. The Bertz CT molecular complexity index is 212. The first-order valence-corrected chi connectivity index (χ1v) is 7.21. The maximum atomic E-state index is 10.7. The number of aldehydes is 1. The van der Waals surface area contributed by atoms with Crippen molar-refractivity contribution in [1.82, 2.24) is 0 Å². The fourth-order valence-corrected chi connectivity index (χ4v) is 1.58. The van der Waals surface area contributed by atoms with E-state index in [0.717, 1.165) is 25.5 Å². The van der Waals surface area contributed by atoms with Gasteiger partial charge in [0.1, 0.15) is 0 Å². The number of rotatable bonds is 13. The van der Waals surface area contributed by atoms with Gasteiger partial charge in [-0.05, 0) is 25.3 Å². The lowest BCUT2D eigenvalue weighted by Gasteiger charge is -2.06. The summed E-state index contributed by atoms with van der Waals surface area (Å²) >= 11 is 0. The lowest BCUT2D eigenvalue weighted by Crippen LogP contribution is -2.02. The van der Waals surface area contributed by atoms with Gasteiger partial charge in [-0.1, -0.05) is 46.0 Å². The van der Waals surface area contributed by atoms with Crippen LogP contribution in [0.1, 0.15) is 65.2 Å². The largest absolute Gasteiger partial charge is 0.464 e. The first-order valence-electron chi connectivity index (χ1n) is 7.21. The Labute approximate surface area is 112 Å². The standard InChI is InChI=1S/C15H28O3/c1-3-5-7-8-9-11-15(13-16)18-14-17-12-10-6-4-2/h11,13H,3-10,12,14H2,1-2H3/b15-11+. The Morgan fingerprint density at radius 3 is 2.39 bits per heavy atom. The molecule has 0 amide bonds. The Hall–Kier alpha value is -0.830. The van der Waals surface area contributed by atoms with Crippen LogP contribution in [0.4, 0.5) is 0 Å². The van der Waals surface area contributed by atoms with Crippen molar-refractivity contribution in [3.63, 3.8) is 0 Å². The molecular weight excluding hydrogens is 228 g/mol. The first kappa shape index (κ1) is 17.2. The molecule has 0 fully saturated rings. The minimum atomic E-state index is 0.184. The zero-order valence-corrected chi connectivity index (χ0v) is 12.0. The molecule has 0 heterocycles. The number of hydrogen-bond acceptors (Lipinski definition) is 3. The molecule has 0 unspecified atom stereocenters. The van der Waals surface area contributed by atoms with E-state index in [2.05, 4.69) is 13.8 Å². The molecule has 0 aliphatic carbocycles. The van der Waals surface area contributed by atoms with E-state index in [-0.39, 0.29) is 6.79 Å². The number of allylic oxidation sites excluding steroid dienone is 2. The maximum absolute atomic E-state index is 10.7. The third kappa shape index (κ3) is 11.6.